The normalized spacial score (nSPS) is 10.8. The van der Waals surface area contributed by atoms with E-state index >= 15 is 0 Å². The second-order valence-corrected chi connectivity index (χ2v) is 10.6. The standard InChI is InChI=1S/C23H20.C21H18.2C2H6/c1-2-6-19-9-11-20(12-10-19)13-14-21-15-17-23(18-16-21)22-7-4-3-5-8-22;1-2-5-17-8-10-18(11-9-17)12-13-19-14-15-20-6-3-4-7-21(20)16-19;2*1-2/h2-18H,1H3;2-16H,1H3;2*1-2H3/b6-2+,14-13+;5-2+,13-12+;;. The Labute approximate surface area is 290 Å². The van der Waals surface area contributed by atoms with Crippen molar-refractivity contribution in [3.63, 3.8) is 0 Å². The van der Waals surface area contributed by atoms with Crippen LogP contribution in [-0.4, -0.2) is 0 Å². The molecule has 0 atom stereocenters. The third kappa shape index (κ3) is 12.0. The van der Waals surface area contributed by atoms with Crippen molar-refractivity contribution in [3.05, 3.63) is 191 Å². The van der Waals surface area contributed by atoms with Gasteiger partial charge in [0.15, 0.2) is 0 Å². The Morgan fingerprint density at radius 1 is 0.292 bits per heavy atom. The molecule has 0 fully saturated rings. The summed E-state index contributed by atoms with van der Waals surface area (Å²) in [5.41, 5.74) is 9.84. The minimum Gasteiger partial charge on any atom is -0.0871 e. The molecule has 0 nitrogen and oxygen atoms in total. The molecule has 0 aromatic heterocycles. The first-order valence-corrected chi connectivity index (χ1v) is 17.2. The van der Waals surface area contributed by atoms with E-state index in [2.05, 4.69) is 188 Å². The largest absolute Gasteiger partial charge is 0.0871 e. The molecule has 0 aliphatic heterocycles. The van der Waals surface area contributed by atoms with E-state index in [4.69, 9.17) is 0 Å². The lowest BCUT2D eigenvalue weighted by atomic mass is 10.0. The maximum atomic E-state index is 2.22. The Morgan fingerprint density at radius 2 is 0.625 bits per heavy atom. The SMILES string of the molecule is C/C=C/c1ccc(/C=C/c2ccc(-c3ccccc3)cc2)cc1.C/C=C/c1ccc(/C=C/c2ccc3ccccc3c2)cc1.CC.CC. The van der Waals surface area contributed by atoms with Crippen molar-refractivity contribution in [2.75, 3.05) is 0 Å². The lowest BCUT2D eigenvalue weighted by Crippen LogP contribution is -1.78. The first-order chi connectivity index (χ1) is 23.7. The fourth-order valence-electron chi connectivity index (χ4n) is 4.94. The van der Waals surface area contributed by atoms with E-state index < -0.39 is 0 Å². The van der Waals surface area contributed by atoms with Gasteiger partial charge in [0.1, 0.15) is 0 Å². The maximum Gasteiger partial charge on any atom is -0.0178 e. The summed E-state index contributed by atoms with van der Waals surface area (Å²) >= 11 is 0. The summed E-state index contributed by atoms with van der Waals surface area (Å²) in [6, 6.07) is 51.2. The molecule has 0 saturated carbocycles. The smallest absolute Gasteiger partial charge is 0.0178 e. The van der Waals surface area contributed by atoms with Crippen LogP contribution in [0.4, 0.5) is 0 Å². The van der Waals surface area contributed by atoms with Crippen LogP contribution in [0.5, 0.6) is 0 Å². The van der Waals surface area contributed by atoms with Gasteiger partial charge >= 0.3 is 0 Å². The van der Waals surface area contributed by atoms with Gasteiger partial charge < -0.3 is 0 Å². The van der Waals surface area contributed by atoms with E-state index in [1.807, 2.05) is 47.6 Å². The fraction of sp³-hybridized carbons (Fsp3) is 0.125. The van der Waals surface area contributed by atoms with E-state index in [0.717, 1.165) is 0 Å². The first kappa shape index (κ1) is 37.0. The number of hydrogen-bond acceptors (Lipinski definition) is 0. The summed E-state index contributed by atoms with van der Waals surface area (Å²) in [7, 11) is 0. The topological polar surface area (TPSA) is 0 Å². The zero-order valence-corrected chi connectivity index (χ0v) is 29.5. The van der Waals surface area contributed by atoms with Gasteiger partial charge in [0.25, 0.3) is 0 Å². The molecular formula is C48H50. The molecule has 0 N–H and O–H groups in total. The van der Waals surface area contributed by atoms with Gasteiger partial charge in [0, 0.05) is 0 Å². The van der Waals surface area contributed by atoms with Crippen molar-refractivity contribution in [2.24, 2.45) is 0 Å². The molecule has 0 heteroatoms. The molecule has 0 aliphatic rings. The van der Waals surface area contributed by atoms with Crippen molar-refractivity contribution in [1.82, 2.24) is 0 Å². The summed E-state index contributed by atoms with van der Waals surface area (Å²) in [5, 5.41) is 2.56. The number of fused-ring (bicyclic) bond motifs is 1. The molecular weight excluding hydrogens is 577 g/mol. The third-order valence-corrected chi connectivity index (χ3v) is 7.32. The molecule has 6 rings (SSSR count). The molecule has 0 amide bonds. The van der Waals surface area contributed by atoms with Crippen LogP contribution in [0.2, 0.25) is 0 Å². The van der Waals surface area contributed by atoms with Gasteiger partial charge in [-0.2, -0.15) is 0 Å². The van der Waals surface area contributed by atoms with Crippen LogP contribution >= 0.6 is 0 Å². The highest BCUT2D eigenvalue weighted by molar-refractivity contribution is 5.86. The van der Waals surface area contributed by atoms with Crippen molar-refractivity contribution < 1.29 is 0 Å². The highest BCUT2D eigenvalue weighted by Gasteiger charge is 1.96. The second-order valence-electron chi connectivity index (χ2n) is 10.6. The predicted molar refractivity (Wildman–Crippen MR) is 219 cm³/mol. The molecule has 0 heterocycles. The molecule has 6 aromatic rings. The van der Waals surface area contributed by atoms with Gasteiger partial charge in [-0.15, -0.1) is 0 Å². The highest BCUT2D eigenvalue weighted by atomic mass is 14.0. The Morgan fingerprint density at radius 3 is 1.08 bits per heavy atom. The van der Waals surface area contributed by atoms with E-state index in [-0.39, 0.29) is 0 Å². The fourth-order valence-corrected chi connectivity index (χ4v) is 4.94. The van der Waals surface area contributed by atoms with Gasteiger partial charge in [-0.3, -0.25) is 0 Å². The third-order valence-electron chi connectivity index (χ3n) is 7.32. The average molecular weight is 627 g/mol. The summed E-state index contributed by atoms with van der Waals surface area (Å²) in [5.74, 6) is 0. The van der Waals surface area contributed by atoms with Gasteiger partial charge in [-0.1, -0.05) is 216 Å². The lowest BCUT2D eigenvalue weighted by Gasteiger charge is -2.02. The summed E-state index contributed by atoms with van der Waals surface area (Å²) < 4.78 is 0. The zero-order valence-electron chi connectivity index (χ0n) is 29.5. The molecule has 0 radical (unpaired) electrons. The van der Waals surface area contributed by atoms with E-state index in [0.29, 0.717) is 0 Å². The summed E-state index contributed by atoms with van der Waals surface area (Å²) in [4.78, 5) is 0. The highest BCUT2D eigenvalue weighted by Crippen LogP contribution is 2.21. The van der Waals surface area contributed by atoms with Crippen molar-refractivity contribution in [2.45, 2.75) is 41.5 Å². The van der Waals surface area contributed by atoms with Crippen LogP contribution in [0.15, 0.2) is 158 Å². The molecule has 48 heavy (non-hydrogen) atoms. The Balaban J connectivity index is 0.000000237. The Hall–Kier alpha value is -5.46. The van der Waals surface area contributed by atoms with Crippen LogP contribution in [0.3, 0.4) is 0 Å². The molecule has 242 valence electrons. The number of rotatable bonds is 7. The van der Waals surface area contributed by atoms with Gasteiger partial charge in [0.2, 0.25) is 0 Å². The number of benzene rings is 6. The predicted octanol–water partition coefficient (Wildman–Crippen LogP) is 14.7. The summed E-state index contributed by atoms with van der Waals surface area (Å²) in [6.45, 7) is 12.1. The van der Waals surface area contributed by atoms with Gasteiger partial charge in [-0.05, 0) is 75.2 Å². The van der Waals surface area contributed by atoms with E-state index in [1.54, 1.807) is 0 Å². The van der Waals surface area contributed by atoms with Crippen LogP contribution in [0.25, 0.3) is 58.4 Å². The average Bonchev–Trinajstić information content (AvgIpc) is 3.17. The van der Waals surface area contributed by atoms with E-state index in [1.165, 1.54) is 55.3 Å². The number of hydrogen-bond donors (Lipinski definition) is 0. The lowest BCUT2D eigenvalue weighted by molar-refractivity contribution is 1.50. The minimum atomic E-state index is 1.21. The number of allylic oxidation sites excluding steroid dienone is 2. The van der Waals surface area contributed by atoms with Crippen molar-refractivity contribution in [3.8, 4) is 11.1 Å². The summed E-state index contributed by atoms with van der Waals surface area (Å²) in [6.07, 6.45) is 16.9. The molecule has 0 bridgehead atoms. The van der Waals surface area contributed by atoms with E-state index in [9.17, 15) is 0 Å². The second kappa shape index (κ2) is 21.4. The van der Waals surface area contributed by atoms with Crippen molar-refractivity contribution >= 4 is 47.2 Å². The monoisotopic (exact) mass is 626 g/mol. The molecule has 0 saturated heterocycles. The van der Waals surface area contributed by atoms with Crippen LogP contribution in [-0.2, 0) is 0 Å². The Bertz CT molecular complexity index is 1860. The maximum absolute atomic E-state index is 2.22. The molecule has 0 unspecified atom stereocenters. The van der Waals surface area contributed by atoms with Crippen molar-refractivity contribution in [1.29, 1.82) is 0 Å². The minimum absolute atomic E-state index is 1.21. The zero-order chi connectivity index (χ0) is 34.4. The van der Waals surface area contributed by atoms with Crippen LogP contribution in [0.1, 0.15) is 74.9 Å². The van der Waals surface area contributed by atoms with Crippen LogP contribution in [0, 0.1) is 0 Å². The molecule has 6 aromatic carbocycles. The van der Waals surface area contributed by atoms with Gasteiger partial charge in [0.05, 0.1) is 0 Å². The Kier molecular flexibility index (Phi) is 16.5. The molecule has 0 spiro atoms. The molecule has 0 aliphatic carbocycles. The van der Waals surface area contributed by atoms with Gasteiger partial charge in [-0.25, -0.2) is 0 Å². The quantitative estimate of drug-likeness (QED) is 0.155. The van der Waals surface area contributed by atoms with Crippen LogP contribution < -0.4 is 0 Å². The first-order valence-electron chi connectivity index (χ1n) is 17.2.